The summed E-state index contributed by atoms with van der Waals surface area (Å²) in [7, 11) is 1.68. The van der Waals surface area contributed by atoms with Crippen LogP contribution in [0, 0.1) is 5.92 Å². The molecule has 0 aromatic heterocycles. The van der Waals surface area contributed by atoms with Gasteiger partial charge in [0.25, 0.3) is 0 Å². The Labute approximate surface area is 160 Å². The first-order chi connectivity index (χ1) is 13.3. The highest BCUT2D eigenvalue weighted by Crippen LogP contribution is 2.46. The maximum Gasteiger partial charge on any atom is 0.167 e. The van der Waals surface area contributed by atoms with E-state index in [-0.39, 0.29) is 17.6 Å². The van der Waals surface area contributed by atoms with Crippen molar-refractivity contribution in [3.05, 3.63) is 108 Å². The largest absolute Gasteiger partial charge is 0.496 e. The summed E-state index contributed by atoms with van der Waals surface area (Å²) < 4.78 is 5.59. The van der Waals surface area contributed by atoms with E-state index in [1.165, 1.54) is 11.1 Å². The van der Waals surface area contributed by atoms with Gasteiger partial charge < -0.3 is 4.74 Å². The zero-order chi connectivity index (χ0) is 18.6. The summed E-state index contributed by atoms with van der Waals surface area (Å²) in [5, 5.41) is 0. The molecule has 0 amide bonds. The SMILES string of the molecule is COc1ccccc1[C@H]1C=C(c2ccccc2)C[C@@H]1C(=O)c1ccccc1. The molecule has 0 heterocycles. The molecule has 3 aromatic carbocycles. The number of rotatable bonds is 5. The van der Waals surface area contributed by atoms with Crippen molar-refractivity contribution in [3.8, 4) is 5.75 Å². The van der Waals surface area contributed by atoms with E-state index in [0.29, 0.717) is 0 Å². The van der Waals surface area contributed by atoms with Crippen molar-refractivity contribution in [1.29, 1.82) is 0 Å². The minimum absolute atomic E-state index is 0.00376. The van der Waals surface area contributed by atoms with Crippen LogP contribution in [0.1, 0.15) is 33.8 Å². The maximum atomic E-state index is 13.3. The third-order valence-corrected chi connectivity index (χ3v) is 5.29. The lowest BCUT2D eigenvalue weighted by Gasteiger charge is -2.20. The van der Waals surface area contributed by atoms with Crippen molar-refractivity contribution >= 4 is 11.4 Å². The Morgan fingerprint density at radius 1 is 0.852 bits per heavy atom. The van der Waals surface area contributed by atoms with E-state index in [4.69, 9.17) is 4.74 Å². The van der Waals surface area contributed by atoms with Crippen LogP contribution in [0.5, 0.6) is 5.75 Å². The summed E-state index contributed by atoms with van der Waals surface area (Å²) in [6, 6.07) is 27.9. The average molecular weight is 354 g/mol. The van der Waals surface area contributed by atoms with Gasteiger partial charge in [0.1, 0.15) is 5.75 Å². The Kier molecular flexibility index (Phi) is 4.88. The molecule has 0 unspecified atom stereocenters. The zero-order valence-corrected chi connectivity index (χ0v) is 15.3. The number of ketones is 1. The van der Waals surface area contributed by atoms with Crippen molar-refractivity contribution in [2.45, 2.75) is 12.3 Å². The molecule has 4 rings (SSSR count). The van der Waals surface area contributed by atoms with E-state index in [9.17, 15) is 4.79 Å². The van der Waals surface area contributed by atoms with Crippen LogP contribution in [0.2, 0.25) is 0 Å². The lowest BCUT2D eigenvalue weighted by atomic mass is 9.83. The molecule has 3 aromatic rings. The van der Waals surface area contributed by atoms with Crippen LogP contribution in [0.3, 0.4) is 0 Å². The molecule has 0 radical (unpaired) electrons. The predicted molar refractivity (Wildman–Crippen MR) is 109 cm³/mol. The highest BCUT2D eigenvalue weighted by molar-refractivity contribution is 6.00. The van der Waals surface area contributed by atoms with Crippen LogP contribution in [0.25, 0.3) is 5.57 Å². The minimum Gasteiger partial charge on any atom is -0.496 e. The van der Waals surface area contributed by atoms with Gasteiger partial charge in [0.2, 0.25) is 0 Å². The van der Waals surface area contributed by atoms with Crippen molar-refractivity contribution in [3.63, 3.8) is 0 Å². The molecule has 0 N–H and O–H groups in total. The summed E-state index contributed by atoms with van der Waals surface area (Å²) >= 11 is 0. The fourth-order valence-corrected chi connectivity index (χ4v) is 3.95. The number of Topliss-reactive ketones (excluding diaryl/α,β-unsaturated/α-hetero) is 1. The number of hydrogen-bond donors (Lipinski definition) is 0. The fourth-order valence-electron chi connectivity index (χ4n) is 3.95. The van der Waals surface area contributed by atoms with Gasteiger partial charge in [0, 0.05) is 23.0 Å². The van der Waals surface area contributed by atoms with Gasteiger partial charge in [-0.25, -0.2) is 0 Å². The first kappa shape index (κ1) is 17.3. The number of hydrogen-bond acceptors (Lipinski definition) is 2. The van der Waals surface area contributed by atoms with E-state index in [0.717, 1.165) is 23.3 Å². The van der Waals surface area contributed by atoms with E-state index in [2.05, 4.69) is 24.3 Å². The molecule has 0 saturated heterocycles. The first-order valence-electron chi connectivity index (χ1n) is 9.26. The van der Waals surface area contributed by atoms with Crippen LogP contribution in [-0.4, -0.2) is 12.9 Å². The van der Waals surface area contributed by atoms with E-state index in [1.807, 2.05) is 66.7 Å². The molecule has 2 heteroatoms. The number of carbonyl (C=O) groups is 1. The summed E-state index contributed by atoms with van der Waals surface area (Å²) in [5.74, 6) is 0.899. The van der Waals surface area contributed by atoms with Crippen LogP contribution >= 0.6 is 0 Å². The fraction of sp³-hybridized carbons (Fsp3) is 0.160. The Bertz CT molecular complexity index is 958. The highest BCUT2D eigenvalue weighted by atomic mass is 16.5. The van der Waals surface area contributed by atoms with Gasteiger partial charge in [0.05, 0.1) is 7.11 Å². The summed E-state index contributed by atoms with van der Waals surface area (Å²) in [6.07, 6.45) is 2.99. The Morgan fingerprint density at radius 2 is 1.48 bits per heavy atom. The smallest absolute Gasteiger partial charge is 0.167 e. The van der Waals surface area contributed by atoms with Crippen LogP contribution < -0.4 is 4.74 Å². The van der Waals surface area contributed by atoms with E-state index < -0.39 is 0 Å². The van der Waals surface area contributed by atoms with Gasteiger partial charge in [-0.1, -0.05) is 84.9 Å². The summed E-state index contributed by atoms with van der Waals surface area (Å²) in [5.41, 5.74) is 4.24. The number of para-hydroxylation sites is 1. The van der Waals surface area contributed by atoms with E-state index >= 15 is 0 Å². The third-order valence-electron chi connectivity index (χ3n) is 5.29. The standard InChI is InChI=1S/C25H22O2/c1-27-24-15-9-8-14-21(24)22-16-20(18-10-4-2-5-11-18)17-23(22)25(26)19-12-6-3-7-13-19/h2-16,22-23H,17H2,1H3/t22-,23+/m1/s1. The molecule has 1 aliphatic carbocycles. The second-order valence-electron chi connectivity index (χ2n) is 6.87. The monoisotopic (exact) mass is 354 g/mol. The molecular formula is C25H22O2. The molecule has 1 aliphatic rings. The van der Waals surface area contributed by atoms with Gasteiger partial charge in [0.15, 0.2) is 5.78 Å². The zero-order valence-electron chi connectivity index (χ0n) is 15.3. The van der Waals surface area contributed by atoms with Crippen molar-refractivity contribution in [2.75, 3.05) is 7.11 Å². The molecule has 2 atom stereocenters. The predicted octanol–water partition coefficient (Wildman–Crippen LogP) is 5.77. The molecule has 0 aliphatic heterocycles. The van der Waals surface area contributed by atoms with Crippen molar-refractivity contribution in [2.24, 2.45) is 5.92 Å². The molecular weight excluding hydrogens is 332 g/mol. The Morgan fingerprint density at radius 3 is 2.19 bits per heavy atom. The van der Waals surface area contributed by atoms with Crippen LogP contribution in [-0.2, 0) is 0 Å². The molecule has 0 fully saturated rings. The average Bonchev–Trinajstić information content (AvgIpc) is 3.19. The normalized spacial score (nSPS) is 18.8. The van der Waals surface area contributed by atoms with E-state index in [1.54, 1.807) is 7.11 Å². The second kappa shape index (κ2) is 7.63. The lowest BCUT2D eigenvalue weighted by Crippen LogP contribution is -2.19. The second-order valence-corrected chi connectivity index (χ2v) is 6.87. The van der Waals surface area contributed by atoms with Gasteiger partial charge in [-0.05, 0) is 23.6 Å². The van der Waals surface area contributed by atoms with Gasteiger partial charge in [-0.15, -0.1) is 0 Å². The summed E-state index contributed by atoms with van der Waals surface area (Å²) in [4.78, 5) is 13.3. The maximum absolute atomic E-state index is 13.3. The van der Waals surface area contributed by atoms with Gasteiger partial charge in [-0.2, -0.15) is 0 Å². The third kappa shape index (κ3) is 3.43. The van der Waals surface area contributed by atoms with Crippen LogP contribution in [0.4, 0.5) is 0 Å². The lowest BCUT2D eigenvalue weighted by molar-refractivity contribution is 0.0916. The first-order valence-corrected chi connectivity index (χ1v) is 9.26. The Balaban J connectivity index is 1.77. The highest BCUT2D eigenvalue weighted by Gasteiger charge is 2.36. The minimum atomic E-state index is -0.126. The molecule has 27 heavy (non-hydrogen) atoms. The number of ether oxygens (including phenoxy) is 1. The molecule has 134 valence electrons. The van der Waals surface area contributed by atoms with Crippen molar-refractivity contribution in [1.82, 2.24) is 0 Å². The topological polar surface area (TPSA) is 26.3 Å². The van der Waals surface area contributed by atoms with Crippen molar-refractivity contribution < 1.29 is 9.53 Å². The molecule has 2 nitrogen and oxygen atoms in total. The molecule has 0 saturated carbocycles. The summed E-state index contributed by atoms with van der Waals surface area (Å²) in [6.45, 7) is 0. The molecule has 0 spiro atoms. The number of methoxy groups -OCH3 is 1. The quantitative estimate of drug-likeness (QED) is 0.544. The molecule has 0 bridgehead atoms. The number of carbonyl (C=O) groups excluding carboxylic acids is 1. The number of benzene rings is 3. The number of allylic oxidation sites excluding steroid dienone is 2. The Hall–Kier alpha value is -3.13. The van der Waals surface area contributed by atoms with Crippen LogP contribution in [0.15, 0.2) is 91.0 Å². The van der Waals surface area contributed by atoms with Gasteiger partial charge in [-0.3, -0.25) is 4.79 Å². The van der Waals surface area contributed by atoms with Gasteiger partial charge >= 0.3 is 0 Å².